The predicted molar refractivity (Wildman–Crippen MR) is 325 cm³/mol. The number of carbonyl (C=O) groups is 3. The Bertz CT molecular complexity index is 1480. The van der Waals surface area contributed by atoms with Gasteiger partial charge in [-0.15, -0.1) is 0 Å². The average molecular weight is 1040 g/mol. The molecule has 0 bridgehead atoms. The molecule has 0 saturated carbocycles. The molecular formula is C69H118O6. The van der Waals surface area contributed by atoms with E-state index in [0.29, 0.717) is 19.3 Å². The lowest BCUT2D eigenvalue weighted by Gasteiger charge is -2.18. The molecule has 0 radical (unpaired) electrons. The summed E-state index contributed by atoms with van der Waals surface area (Å²) in [6.45, 7) is 6.51. The number of hydrogen-bond donors (Lipinski definition) is 0. The molecule has 0 heterocycles. The fraction of sp³-hybridized carbons (Fsp3) is 0.725. The summed E-state index contributed by atoms with van der Waals surface area (Å²) in [6, 6.07) is 0. The van der Waals surface area contributed by atoms with Gasteiger partial charge in [0.15, 0.2) is 6.10 Å². The Labute approximate surface area is 464 Å². The first-order valence-electron chi connectivity index (χ1n) is 31.7. The fourth-order valence-electron chi connectivity index (χ4n) is 8.87. The van der Waals surface area contributed by atoms with Crippen molar-refractivity contribution in [3.05, 3.63) is 97.2 Å². The summed E-state index contributed by atoms with van der Waals surface area (Å²) in [4.78, 5) is 38.2. The van der Waals surface area contributed by atoms with Crippen molar-refractivity contribution in [3.63, 3.8) is 0 Å². The maximum Gasteiger partial charge on any atom is 0.306 e. The highest BCUT2D eigenvalue weighted by molar-refractivity contribution is 5.71. The smallest absolute Gasteiger partial charge is 0.306 e. The maximum absolute atomic E-state index is 12.9. The molecule has 0 aromatic carbocycles. The molecule has 0 rings (SSSR count). The number of rotatable bonds is 57. The van der Waals surface area contributed by atoms with E-state index in [9.17, 15) is 14.4 Å². The molecule has 0 N–H and O–H groups in total. The highest BCUT2D eigenvalue weighted by Gasteiger charge is 2.19. The average Bonchev–Trinajstić information content (AvgIpc) is 3.41. The summed E-state index contributed by atoms with van der Waals surface area (Å²) in [5.74, 6) is -0.900. The van der Waals surface area contributed by atoms with E-state index in [1.165, 1.54) is 141 Å². The molecule has 430 valence electrons. The van der Waals surface area contributed by atoms with Crippen LogP contribution in [0, 0.1) is 0 Å². The molecule has 75 heavy (non-hydrogen) atoms. The second-order valence-corrected chi connectivity index (χ2v) is 21.0. The molecule has 0 aliphatic rings. The van der Waals surface area contributed by atoms with E-state index in [2.05, 4.69) is 118 Å². The molecule has 0 aromatic rings. The van der Waals surface area contributed by atoms with Crippen LogP contribution in [-0.2, 0) is 28.6 Å². The SMILES string of the molecule is CC/C=C\C/C=C\C/C=C\C/C=C\C/C=C\C/C=C\C/C=C\C/C=C\CCCCCCC(=O)OCC(COC(=O)CCCCCCCCCCC)OC(=O)CCCCCCCCCCCCCCCCCCCCC. The van der Waals surface area contributed by atoms with Crippen molar-refractivity contribution in [3.8, 4) is 0 Å². The topological polar surface area (TPSA) is 78.9 Å². The predicted octanol–water partition coefficient (Wildman–Crippen LogP) is 21.7. The van der Waals surface area contributed by atoms with Gasteiger partial charge < -0.3 is 14.2 Å². The van der Waals surface area contributed by atoms with Gasteiger partial charge in [-0.05, 0) is 83.5 Å². The van der Waals surface area contributed by atoms with Gasteiger partial charge in [0.25, 0.3) is 0 Å². The Balaban J connectivity index is 4.27. The summed E-state index contributed by atoms with van der Waals surface area (Å²) in [5.41, 5.74) is 0. The molecular weight excluding hydrogens is 925 g/mol. The minimum Gasteiger partial charge on any atom is -0.462 e. The zero-order chi connectivity index (χ0) is 54.3. The summed E-state index contributed by atoms with van der Waals surface area (Å²) in [7, 11) is 0. The molecule has 1 unspecified atom stereocenters. The Kier molecular flexibility index (Phi) is 59.8. The number of unbranched alkanes of at least 4 members (excludes halogenated alkanes) is 30. The summed E-state index contributed by atoms with van der Waals surface area (Å²) >= 11 is 0. The van der Waals surface area contributed by atoms with Gasteiger partial charge in [-0.2, -0.15) is 0 Å². The molecule has 6 heteroatoms. The molecule has 0 fully saturated rings. The third-order valence-corrected chi connectivity index (χ3v) is 13.6. The van der Waals surface area contributed by atoms with E-state index >= 15 is 0 Å². The zero-order valence-electron chi connectivity index (χ0n) is 49.3. The molecule has 0 amide bonds. The van der Waals surface area contributed by atoms with Gasteiger partial charge in [0.05, 0.1) is 0 Å². The van der Waals surface area contributed by atoms with E-state index in [4.69, 9.17) is 14.2 Å². The molecule has 0 aliphatic carbocycles. The number of hydrogen-bond acceptors (Lipinski definition) is 6. The van der Waals surface area contributed by atoms with Crippen LogP contribution in [0.5, 0.6) is 0 Å². The highest BCUT2D eigenvalue weighted by atomic mass is 16.6. The minimum atomic E-state index is -0.785. The van der Waals surface area contributed by atoms with Crippen molar-refractivity contribution in [1.29, 1.82) is 0 Å². The van der Waals surface area contributed by atoms with Crippen molar-refractivity contribution in [2.24, 2.45) is 0 Å². The van der Waals surface area contributed by atoms with Crippen molar-refractivity contribution < 1.29 is 28.6 Å². The van der Waals surface area contributed by atoms with E-state index in [0.717, 1.165) is 122 Å². The first-order chi connectivity index (χ1) is 37.0. The standard InChI is InChI=1S/C69H118O6/c1-4-7-10-13-16-19-21-23-25-27-29-30-31-32-33-34-35-36-37-38-40-41-43-45-47-50-53-56-59-62-68(71)74-65-66(64-73-67(70)61-58-55-52-49-18-15-12-9-6-3)75-69(72)63-60-57-54-51-48-46-44-42-39-28-26-24-22-20-17-14-11-8-5-2/h7,10,16,19,23,25,29-30,32-33,35-36,38,40,43,45,66H,4-6,8-9,11-15,17-18,20-22,24,26-28,31,34,37,39,41-42,44,46-65H2,1-3H3/b10-7-,19-16-,25-23-,30-29-,33-32-,36-35-,40-38-,45-43-. The molecule has 0 spiro atoms. The number of ether oxygens (including phenoxy) is 3. The normalized spacial score (nSPS) is 12.7. The molecule has 6 nitrogen and oxygen atoms in total. The maximum atomic E-state index is 12.9. The van der Waals surface area contributed by atoms with E-state index in [-0.39, 0.29) is 31.1 Å². The Hall–Kier alpha value is -3.67. The lowest BCUT2D eigenvalue weighted by molar-refractivity contribution is -0.167. The van der Waals surface area contributed by atoms with Crippen LogP contribution in [0.2, 0.25) is 0 Å². The van der Waals surface area contributed by atoms with Gasteiger partial charge in [0, 0.05) is 19.3 Å². The third-order valence-electron chi connectivity index (χ3n) is 13.6. The molecule has 0 saturated heterocycles. The van der Waals surface area contributed by atoms with Crippen LogP contribution < -0.4 is 0 Å². The van der Waals surface area contributed by atoms with Crippen LogP contribution in [0.1, 0.15) is 303 Å². The van der Waals surface area contributed by atoms with Crippen LogP contribution in [0.3, 0.4) is 0 Å². The Morgan fingerprint density at radius 1 is 0.280 bits per heavy atom. The quantitative estimate of drug-likeness (QED) is 0.0261. The fourth-order valence-corrected chi connectivity index (χ4v) is 8.87. The number of allylic oxidation sites excluding steroid dienone is 16. The van der Waals surface area contributed by atoms with Crippen molar-refractivity contribution in [2.75, 3.05) is 13.2 Å². The second kappa shape index (κ2) is 62.9. The summed E-state index contributed by atoms with van der Waals surface area (Å²) < 4.78 is 16.9. The van der Waals surface area contributed by atoms with E-state index in [1.54, 1.807) is 0 Å². The van der Waals surface area contributed by atoms with Crippen LogP contribution in [0.15, 0.2) is 97.2 Å². The Morgan fingerprint density at radius 3 is 0.813 bits per heavy atom. The van der Waals surface area contributed by atoms with Crippen LogP contribution in [0.25, 0.3) is 0 Å². The highest BCUT2D eigenvalue weighted by Crippen LogP contribution is 2.17. The molecule has 1 atom stereocenters. The first kappa shape index (κ1) is 71.3. The van der Waals surface area contributed by atoms with Gasteiger partial charge >= 0.3 is 17.9 Å². The summed E-state index contributed by atoms with van der Waals surface area (Å²) in [6.07, 6.45) is 84.2. The zero-order valence-corrected chi connectivity index (χ0v) is 49.3. The van der Waals surface area contributed by atoms with Gasteiger partial charge in [-0.1, -0.05) is 298 Å². The number of carbonyl (C=O) groups excluding carboxylic acids is 3. The van der Waals surface area contributed by atoms with E-state index < -0.39 is 6.10 Å². The van der Waals surface area contributed by atoms with Crippen molar-refractivity contribution in [2.45, 2.75) is 309 Å². The van der Waals surface area contributed by atoms with Crippen molar-refractivity contribution >= 4 is 17.9 Å². The van der Waals surface area contributed by atoms with Gasteiger partial charge in [-0.25, -0.2) is 0 Å². The lowest BCUT2D eigenvalue weighted by atomic mass is 10.0. The second-order valence-electron chi connectivity index (χ2n) is 21.0. The van der Waals surface area contributed by atoms with Crippen LogP contribution in [-0.4, -0.2) is 37.2 Å². The van der Waals surface area contributed by atoms with Crippen molar-refractivity contribution in [1.82, 2.24) is 0 Å². The third kappa shape index (κ3) is 61.1. The van der Waals surface area contributed by atoms with Crippen LogP contribution in [0.4, 0.5) is 0 Å². The Morgan fingerprint density at radius 2 is 0.520 bits per heavy atom. The van der Waals surface area contributed by atoms with Gasteiger partial charge in [0.1, 0.15) is 13.2 Å². The monoisotopic (exact) mass is 1040 g/mol. The molecule has 0 aromatic heterocycles. The molecule has 0 aliphatic heterocycles. The first-order valence-corrected chi connectivity index (χ1v) is 31.7. The van der Waals surface area contributed by atoms with Crippen LogP contribution >= 0.6 is 0 Å². The lowest BCUT2D eigenvalue weighted by Crippen LogP contribution is -2.30. The van der Waals surface area contributed by atoms with Gasteiger partial charge in [0.2, 0.25) is 0 Å². The van der Waals surface area contributed by atoms with Gasteiger partial charge in [-0.3, -0.25) is 14.4 Å². The minimum absolute atomic E-state index is 0.0821. The van der Waals surface area contributed by atoms with E-state index in [1.807, 2.05) is 0 Å². The largest absolute Gasteiger partial charge is 0.462 e. The summed E-state index contributed by atoms with van der Waals surface area (Å²) in [5, 5.41) is 0. The number of esters is 3.